The molecule has 1 N–H and O–H groups in total. The molecule has 0 saturated carbocycles. The van der Waals surface area contributed by atoms with Crippen molar-refractivity contribution in [3.63, 3.8) is 0 Å². The van der Waals surface area contributed by atoms with E-state index in [0.717, 1.165) is 27.6 Å². The van der Waals surface area contributed by atoms with Crippen LogP contribution in [0.4, 0.5) is 11.4 Å². The maximum atomic E-state index is 9.49. The number of aromatic nitrogens is 1. The summed E-state index contributed by atoms with van der Waals surface area (Å²) in [6.45, 7) is 3.22. The van der Waals surface area contributed by atoms with Gasteiger partial charge in [-0.05, 0) is 36.8 Å². The summed E-state index contributed by atoms with van der Waals surface area (Å²) in [4.78, 5) is 7.49. The summed E-state index contributed by atoms with van der Waals surface area (Å²) in [5, 5.41) is 9.49. The molecule has 3 aromatic rings. The largest absolute Gasteiger partial charge is 0.493 e. The first-order valence-corrected chi connectivity index (χ1v) is 9.28. The average Bonchev–Trinajstić information content (AvgIpc) is 3.20. The second-order valence-corrected chi connectivity index (χ2v) is 6.62. The van der Waals surface area contributed by atoms with E-state index in [1.807, 2.05) is 61.1 Å². The number of nitrogens with zero attached hydrogens (tertiary/aromatic N) is 2. The predicted molar refractivity (Wildman–Crippen MR) is 104 cm³/mol. The second kappa shape index (κ2) is 8.69. The molecule has 2 aromatic carbocycles. The maximum Gasteiger partial charge on any atom is 0.162 e. The number of hydrogen-bond acceptors (Lipinski definition) is 6. The molecule has 0 unspecified atom stereocenters. The zero-order chi connectivity index (χ0) is 18.4. The molecule has 0 aliphatic carbocycles. The minimum absolute atomic E-state index is 0.00877. The third kappa shape index (κ3) is 4.15. The summed E-state index contributed by atoms with van der Waals surface area (Å²) < 4.78 is 11.1. The van der Waals surface area contributed by atoms with E-state index in [1.54, 1.807) is 18.4 Å². The number of rotatable bonds is 8. The highest BCUT2D eigenvalue weighted by molar-refractivity contribution is 7.09. The fourth-order valence-corrected chi connectivity index (χ4v) is 3.31. The molecule has 6 heteroatoms. The quantitative estimate of drug-likeness (QED) is 0.638. The number of anilines is 2. The van der Waals surface area contributed by atoms with Gasteiger partial charge in [0.2, 0.25) is 0 Å². The first kappa shape index (κ1) is 18.2. The molecule has 0 bridgehead atoms. The fraction of sp³-hybridized carbons (Fsp3) is 0.250. The molecule has 136 valence electrons. The molecule has 0 fully saturated rings. The van der Waals surface area contributed by atoms with Crippen LogP contribution in [0.5, 0.6) is 11.5 Å². The van der Waals surface area contributed by atoms with Gasteiger partial charge in [0.15, 0.2) is 11.5 Å². The van der Waals surface area contributed by atoms with Gasteiger partial charge in [-0.3, -0.25) is 4.98 Å². The standard InChI is InChI=1S/C20H22N2O3S/c1-3-25-19-8-7-17(10-20(19)24-2)22(12-18-11-21-14-26-18)16-6-4-5-15(9-16)13-23/h4-11,14,23H,3,12-13H2,1-2H3. The van der Waals surface area contributed by atoms with Gasteiger partial charge in [-0.15, -0.1) is 11.3 Å². The third-order valence-corrected chi connectivity index (χ3v) is 4.73. The van der Waals surface area contributed by atoms with Gasteiger partial charge in [0.05, 0.1) is 32.4 Å². The number of thiazole rings is 1. The summed E-state index contributed by atoms with van der Waals surface area (Å²) in [6.07, 6.45) is 1.87. The average molecular weight is 370 g/mol. The number of ether oxygens (including phenoxy) is 2. The van der Waals surface area contributed by atoms with Gasteiger partial charge >= 0.3 is 0 Å². The fourth-order valence-electron chi connectivity index (χ4n) is 2.73. The molecule has 1 heterocycles. The molecule has 0 saturated heterocycles. The molecule has 1 aromatic heterocycles. The molecule has 0 radical (unpaired) electrons. The van der Waals surface area contributed by atoms with Crippen LogP contribution in [0.25, 0.3) is 0 Å². The molecule has 26 heavy (non-hydrogen) atoms. The Morgan fingerprint density at radius 2 is 1.96 bits per heavy atom. The summed E-state index contributed by atoms with van der Waals surface area (Å²) in [6, 6.07) is 13.8. The van der Waals surface area contributed by atoms with Crippen molar-refractivity contribution in [2.75, 3.05) is 18.6 Å². The minimum atomic E-state index is 0.00877. The highest BCUT2D eigenvalue weighted by atomic mass is 32.1. The topological polar surface area (TPSA) is 54.8 Å². The Hall–Kier alpha value is -2.57. The third-order valence-electron chi connectivity index (χ3n) is 3.96. The van der Waals surface area contributed by atoms with Crippen molar-refractivity contribution in [1.82, 2.24) is 4.98 Å². The Morgan fingerprint density at radius 3 is 2.65 bits per heavy atom. The first-order chi connectivity index (χ1) is 12.7. The number of aliphatic hydroxyl groups is 1. The summed E-state index contributed by atoms with van der Waals surface area (Å²) >= 11 is 1.61. The van der Waals surface area contributed by atoms with Gasteiger partial charge in [-0.2, -0.15) is 0 Å². The first-order valence-electron chi connectivity index (χ1n) is 8.40. The van der Waals surface area contributed by atoms with Gasteiger partial charge in [-0.1, -0.05) is 12.1 Å². The Kier molecular flexibility index (Phi) is 6.09. The smallest absolute Gasteiger partial charge is 0.162 e. The highest BCUT2D eigenvalue weighted by Gasteiger charge is 2.15. The van der Waals surface area contributed by atoms with Crippen molar-refractivity contribution in [3.05, 3.63) is 64.6 Å². The van der Waals surface area contributed by atoms with Gasteiger partial charge in [0.25, 0.3) is 0 Å². The maximum absolute atomic E-state index is 9.49. The van der Waals surface area contributed by atoms with Crippen LogP contribution in [0.1, 0.15) is 17.4 Å². The lowest BCUT2D eigenvalue weighted by atomic mass is 10.1. The normalized spacial score (nSPS) is 10.6. The molecular weight excluding hydrogens is 348 g/mol. The van der Waals surface area contributed by atoms with Crippen molar-refractivity contribution in [2.24, 2.45) is 0 Å². The van der Waals surface area contributed by atoms with Crippen molar-refractivity contribution in [3.8, 4) is 11.5 Å². The lowest BCUT2D eigenvalue weighted by Crippen LogP contribution is -2.16. The van der Waals surface area contributed by atoms with E-state index >= 15 is 0 Å². The zero-order valence-electron chi connectivity index (χ0n) is 14.9. The Labute approximate surface area is 157 Å². The summed E-state index contributed by atoms with van der Waals surface area (Å²) in [5.74, 6) is 1.41. The Bertz CT molecular complexity index is 837. The molecule has 3 rings (SSSR count). The monoisotopic (exact) mass is 370 g/mol. The van der Waals surface area contributed by atoms with Crippen LogP contribution in [-0.2, 0) is 13.2 Å². The van der Waals surface area contributed by atoms with Gasteiger partial charge in [0.1, 0.15) is 0 Å². The number of methoxy groups -OCH3 is 1. The molecular formula is C20H22N2O3S. The molecule has 0 amide bonds. The van der Waals surface area contributed by atoms with Crippen LogP contribution in [0.15, 0.2) is 54.2 Å². The predicted octanol–water partition coefficient (Wildman–Crippen LogP) is 4.38. The Morgan fingerprint density at radius 1 is 1.12 bits per heavy atom. The van der Waals surface area contributed by atoms with Crippen LogP contribution < -0.4 is 14.4 Å². The lowest BCUT2D eigenvalue weighted by Gasteiger charge is -2.26. The van der Waals surface area contributed by atoms with E-state index in [-0.39, 0.29) is 6.61 Å². The number of aliphatic hydroxyl groups excluding tert-OH is 1. The second-order valence-electron chi connectivity index (χ2n) is 5.65. The summed E-state index contributed by atoms with van der Waals surface area (Å²) in [5.41, 5.74) is 4.68. The number of benzene rings is 2. The van der Waals surface area contributed by atoms with Crippen molar-refractivity contribution < 1.29 is 14.6 Å². The van der Waals surface area contributed by atoms with Crippen LogP contribution >= 0.6 is 11.3 Å². The minimum Gasteiger partial charge on any atom is -0.493 e. The molecule has 0 aliphatic heterocycles. The van der Waals surface area contributed by atoms with Gasteiger partial charge in [0, 0.05) is 28.5 Å². The zero-order valence-corrected chi connectivity index (χ0v) is 15.7. The van der Waals surface area contributed by atoms with E-state index in [9.17, 15) is 5.11 Å². The molecule has 0 atom stereocenters. The lowest BCUT2D eigenvalue weighted by molar-refractivity contribution is 0.282. The number of hydrogen-bond donors (Lipinski definition) is 1. The van der Waals surface area contributed by atoms with Gasteiger partial charge in [-0.25, -0.2) is 0 Å². The van der Waals surface area contributed by atoms with Crippen molar-refractivity contribution >= 4 is 22.7 Å². The van der Waals surface area contributed by atoms with E-state index in [2.05, 4.69) is 9.88 Å². The van der Waals surface area contributed by atoms with E-state index in [0.29, 0.717) is 18.9 Å². The molecule has 0 spiro atoms. The molecule has 0 aliphatic rings. The van der Waals surface area contributed by atoms with Crippen LogP contribution in [-0.4, -0.2) is 23.8 Å². The highest BCUT2D eigenvalue weighted by Crippen LogP contribution is 2.36. The van der Waals surface area contributed by atoms with Crippen molar-refractivity contribution in [2.45, 2.75) is 20.1 Å². The van der Waals surface area contributed by atoms with Crippen LogP contribution in [0.2, 0.25) is 0 Å². The van der Waals surface area contributed by atoms with Gasteiger partial charge < -0.3 is 19.5 Å². The summed E-state index contributed by atoms with van der Waals surface area (Å²) in [7, 11) is 1.64. The Balaban J connectivity index is 2.02. The van der Waals surface area contributed by atoms with Crippen molar-refractivity contribution in [1.29, 1.82) is 0 Å². The SMILES string of the molecule is CCOc1ccc(N(Cc2cncs2)c2cccc(CO)c2)cc1OC. The van der Waals surface area contributed by atoms with Crippen LogP contribution in [0, 0.1) is 0 Å². The molecule has 5 nitrogen and oxygen atoms in total. The van der Waals surface area contributed by atoms with E-state index in [4.69, 9.17) is 9.47 Å². The van der Waals surface area contributed by atoms with E-state index in [1.165, 1.54) is 0 Å². The van der Waals surface area contributed by atoms with E-state index < -0.39 is 0 Å². The van der Waals surface area contributed by atoms with Crippen LogP contribution in [0.3, 0.4) is 0 Å².